The van der Waals surface area contributed by atoms with Crippen molar-refractivity contribution in [3.05, 3.63) is 88.4 Å². The zero-order valence-electron chi connectivity index (χ0n) is 19.5. The van der Waals surface area contributed by atoms with Gasteiger partial charge in [-0.15, -0.1) is 9.78 Å². The minimum atomic E-state index is -0.605. The first-order valence-electron chi connectivity index (χ1n) is 11.1. The van der Waals surface area contributed by atoms with Crippen LogP contribution in [-0.4, -0.2) is 56.0 Å². The van der Waals surface area contributed by atoms with Gasteiger partial charge in [-0.3, -0.25) is 10.4 Å². The fraction of sp³-hybridized carbons (Fsp3) is 0.208. The van der Waals surface area contributed by atoms with E-state index in [2.05, 4.69) is 25.4 Å². The molecule has 2 aromatic carbocycles. The Morgan fingerprint density at radius 3 is 2.61 bits per heavy atom. The van der Waals surface area contributed by atoms with Crippen LogP contribution in [0.4, 0.5) is 5.69 Å². The molecule has 4 aromatic rings. The molecule has 36 heavy (non-hydrogen) atoms. The molecule has 4 rings (SSSR count). The van der Waals surface area contributed by atoms with Crippen molar-refractivity contribution in [1.82, 2.24) is 24.7 Å². The Kier molecular flexibility index (Phi) is 7.56. The number of H-pyrrole nitrogens is 1. The lowest BCUT2D eigenvalue weighted by Crippen LogP contribution is -2.18. The predicted molar refractivity (Wildman–Crippen MR) is 133 cm³/mol. The van der Waals surface area contributed by atoms with Gasteiger partial charge in [0.25, 0.3) is 5.95 Å². The molecular weight excluding hydrogens is 464 g/mol. The number of anilines is 1. The fourth-order valence-corrected chi connectivity index (χ4v) is 3.46. The second-order valence-electron chi connectivity index (χ2n) is 7.68. The van der Waals surface area contributed by atoms with Crippen molar-refractivity contribution >= 4 is 11.5 Å². The van der Waals surface area contributed by atoms with E-state index in [1.54, 1.807) is 42.5 Å². The van der Waals surface area contributed by atoms with Crippen LogP contribution in [0.3, 0.4) is 0 Å². The van der Waals surface area contributed by atoms with E-state index in [-0.39, 0.29) is 18.4 Å². The number of aromatic amines is 1. The molecule has 2 aromatic heterocycles. The number of methoxy groups -OCH3 is 1. The summed E-state index contributed by atoms with van der Waals surface area (Å²) in [5.41, 5.74) is 7.10. The largest absolute Gasteiger partial charge is 0.493 e. The summed E-state index contributed by atoms with van der Waals surface area (Å²) >= 11 is 0. The van der Waals surface area contributed by atoms with Crippen LogP contribution in [-0.2, 0) is 0 Å². The van der Waals surface area contributed by atoms with Gasteiger partial charge in [-0.1, -0.05) is 6.07 Å². The lowest BCUT2D eigenvalue weighted by molar-refractivity contribution is 0.228. The standard InChI is InChI=1S/C24H26N8O4/c1-35-19-14-16(6-9-18(19)36-13-3-12-33)20(29-17-7-4-15(5-8-17)21(25)26)22-30-24(34)32(31-22)23-27-10-2-11-28-23/h2,4-11,14,20,29,33H,3,12-13H2,1H3,(H3,25,26)(H,30,31,34). The molecule has 0 bridgehead atoms. The van der Waals surface area contributed by atoms with Gasteiger partial charge in [0, 0.05) is 36.7 Å². The second-order valence-corrected chi connectivity index (χ2v) is 7.68. The molecule has 1 unspecified atom stereocenters. The highest BCUT2D eigenvalue weighted by atomic mass is 16.5. The third-order valence-electron chi connectivity index (χ3n) is 5.24. The Morgan fingerprint density at radius 2 is 1.94 bits per heavy atom. The topological polar surface area (TPSA) is 177 Å². The highest BCUT2D eigenvalue weighted by molar-refractivity contribution is 5.95. The Bertz CT molecular complexity index is 1370. The van der Waals surface area contributed by atoms with Crippen molar-refractivity contribution in [2.45, 2.75) is 12.5 Å². The molecule has 6 N–H and O–H groups in total. The summed E-state index contributed by atoms with van der Waals surface area (Å²) in [5, 5.41) is 24.4. The van der Waals surface area contributed by atoms with Crippen molar-refractivity contribution in [2.75, 3.05) is 25.6 Å². The predicted octanol–water partition coefficient (Wildman–Crippen LogP) is 1.61. The van der Waals surface area contributed by atoms with E-state index in [9.17, 15) is 4.79 Å². The molecule has 186 valence electrons. The minimum absolute atomic E-state index is 0.0238. The van der Waals surface area contributed by atoms with Crippen LogP contribution in [0, 0.1) is 5.41 Å². The van der Waals surface area contributed by atoms with Gasteiger partial charge >= 0.3 is 5.69 Å². The van der Waals surface area contributed by atoms with Gasteiger partial charge in [0.15, 0.2) is 17.3 Å². The number of hydrogen-bond acceptors (Lipinski definition) is 9. The highest BCUT2D eigenvalue weighted by Gasteiger charge is 2.22. The number of rotatable bonds is 11. The van der Waals surface area contributed by atoms with E-state index in [1.807, 2.05) is 6.07 Å². The summed E-state index contributed by atoms with van der Waals surface area (Å²) in [7, 11) is 1.53. The third-order valence-corrected chi connectivity index (χ3v) is 5.24. The summed E-state index contributed by atoms with van der Waals surface area (Å²) in [4.78, 5) is 23.7. The zero-order valence-corrected chi connectivity index (χ0v) is 19.5. The number of ether oxygens (including phenoxy) is 2. The van der Waals surface area contributed by atoms with Crippen LogP contribution >= 0.6 is 0 Å². The number of amidine groups is 1. The number of nitrogens with two attached hydrogens (primary N) is 1. The monoisotopic (exact) mass is 490 g/mol. The summed E-state index contributed by atoms with van der Waals surface area (Å²) in [5.74, 6) is 1.43. The normalized spacial score (nSPS) is 11.6. The summed E-state index contributed by atoms with van der Waals surface area (Å²) in [6.07, 6.45) is 3.54. The number of benzene rings is 2. The number of aliphatic hydroxyl groups is 1. The summed E-state index contributed by atoms with van der Waals surface area (Å²) < 4.78 is 12.3. The molecule has 0 spiro atoms. The zero-order chi connectivity index (χ0) is 25.5. The van der Waals surface area contributed by atoms with Crippen molar-refractivity contribution in [3.63, 3.8) is 0 Å². The smallest absolute Gasteiger partial charge is 0.350 e. The summed E-state index contributed by atoms with van der Waals surface area (Å²) in [6.45, 7) is 0.362. The number of nitrogen functional groups attached to an aromatic ring is 1. The van der Waals surface area contributed by atoms with Gasteiger partial charge in [0.2, 0.25) is 0 Å². The molecule has 12 heteroatoms. The average Bonchev–Trinajstić information content (AvgIpc) is 3.29. The summed E-state index contributed by atoms with van der Waals surface area (Å²) in [6, 6.07) is 13.4. The van der Waals surface area contributed by atoms with Crippen LogP contribution in [0.5, 0.6) is 11.5 Å². The molecule has 0 amide bonds. The molecule has 0 fully saturated rings. The molecule has 1 atom stereocenters. The van der Waals surface area contributed by atoms with Crippen LogP contribution in [0.15, 0.2) is 65.7 Å². The van der Waals surface area contributed by atoms with E-state index in [1.165, 1.54) is 19.5 Å². The van der Waals surface area contributed by atoms with Gasteiger partial charge in [-0.2, -0.15) is 0 Å². The number of nitrogens with one attached hydrogen (secondary N) is 3. The number of aliphatic hydroxyl groups excluding tert-OH is 1. The van der Waals surface area contributed by atoms with Gasteiger partial charge in [0.1, 0.15) is 11.9 Å². The third kappa shape index (κ3) is 5.50. The molecule has 0 aliphatic carbocycles. The maximum atomic E-state index is 12.7. The van der Waals surface area contributed by atoms with E-state index >= 15 is 0 Å². The first-order chi connectivity index (χ1) is 17.5. The van der Waals surface area contributed by atoms with Crippen molar-refractivity contribution < 1.29 is 14.6 Å². The second kappa shape index (κ2) is 11.1. The fourth-order valence-electron chi connectivity index (χ4n) is 3.46. The maximum Gasteiger partial charge on any atom is 0.350 e. The lowest BCUT2D eigenvalue weighted by atomic mass is 10.0. The molecule has 2 heterocycles. The number of nitrogens with zero attached hydrogens (tertiary/aromatic N) is 4. The van der Waals surface area contributed by atoms with Crippen LogP contribution in [0.1, 0.15) is 29.4 Å². The average molecular weight is 491 g/mol. The molecule has 0 aliphatic heterocycles. The number of aromatic nitrogens is 5. The van der Waals surface area contributed by atoms with E-state index < -0.39 is 11.7 Å². The molecule has 0 saturated heterocycles. The van der Waals surface area contributed by atoms with E-state index in [0.29, 0.717) is 41.6 Å². The first kappa shape index (κ1) is 24.4. The first-order valence-corrected chi connectivity index (χ1v) is 11.1. The Balaban J connectivity index is 1.73. The minimum Gasteiger partial charge on any atom is -0.493 e. The Hall–Kier alpha value is -4.71. The quantitative estimate of drug-likeness (QED) is 0.119. The molecule has 0 radical (unpaired) electrons. The molecule has 12 nitrogen and oxygen atoms in total. The van der Waals surface area contributed by atoms with E-state index in [0.717, 1.165) is 10.2 Å². The SMILES string of the molecule is COc1cc(C(Nc2ccc(C(=N)N)cc2)c2nn(-c3ncccn3)c(=O)[nH]2)ccc1OCCCO. The van der Waals surface area contributed by atoms with Crippen molar-refractivity contribution in [3.8, 4) is 17.4 Å². The molecular formula is C24H26N8O4. The van der Waals surface area contributed by atoms with Gasteiger partial charge in [-0.25, -0.2) is 14.8 Å². The Labute approximate surface area is 206 Å². The van der Waals surface area contributed by atoms with Gasteiger partial charge in [0.05, 0.1) is 13.7 Å². The van der Waals surface area contributed by atoms with Crippen LogP contribution in [0.25, 0.3) is 5.95 Å². The molecule has 0 aliphatic rings. The van der Waals surface area contributed by atoms with Crippen LogP contribution < -0.4 is 26.2 Å². The maximum absolute atomic E-state index is 12.7. The highest BCUT2D eigenvalue weighted by Crippen LogP contribution is 2.33. The molecule has 0 saturated carbocycles. The van der Waals surface area contributed by atoms with Gasteiger partial charge < -0.3 is 25.6 Å². The van der Waals surface area contributed by atoms with E-state index in [4.69, 9.17) is 25.7 Å². The van der Waals surface area contributed by atoms with Crippen LogP contribution in [0.2, 0.25) is 0 Å². The van der Waals surface area contributed by atoms with Gasteiger partial charge in [-0.05, 0) is 48.0 Å². The number of hydrogen-bond donors (Lipinski definition) is 5. The lowest BCUT2D eigenvalue weighted by Gasteiger charge is -2.20. The van der Waals surface area contributed by atoms with Crippen molar-refractivity contribution in [1.29, 1.82) is 5.41 Å². The van der Waals surface area contributed by atoms with Crippen molar-refractivity contribution in [2.24, 2.45) is 5.73 Å². The Morgan fingerprint density at radius 1 is 1.19 bits per heavy atom.